The van der Waals surface area contributed by atoms with E-state index in [0.29, 0.717) is 11.7 Å². The van der Waals surface area contributed by atoms with Crippen LogP contribution in [0.25, 0.3) is 21.9 Å². The maximum Gasteiger partial charge on any atom is 0.415 e. The molecular weight excluding hydrogens is 418 g/mol. The molecule has 1 aliphatic rings. The second-order valence-electron chi connectivity index (χ2n) is 9.20. The molecular formula is C31H31NO2. The van der Waals surface area contributed by atoms with Crippen molar-refractivity contribution in [2.75, 3.05) is 13.1 Å². The van der Waals surface area contributed by atoms with Crippen molar-refractivity contribution in [2.24, 2.45) is 0 Å². The topological polar surface area (TPSA) is 29.5 Å². The number of carbonyl (C=O) groups excluding carboxylic acids is 1. The van der Waals surface area contributed by atoms with Crippen molar-refractivity contribution < 1.29 is 9.53 Å². The molecule has 1 amide bonds. The highest BCUT2D eigenvalue weighted by Crippen LogP contribution is 2.32. The summed E-state index contributed by atoms with van der Waals surface area (Å²) in [6.45, 7) is 5.86. The minimum Gasteiger partial charge on any atom is -0.410 e. The molecule has 0 atom stereocenters. The van der Waals surface area contributed by atoms with E-state index < -0.39 is 0 Å². The van der Waals surface area contributed by atoms with Gasteiger partial charge in [-0.1, -0.05) is 79.7 Å². The summed E-state index contributed by atoms with van der Waals surface area (Å²) in [5, 5.41) is 2.22. The highest BCUT2D eigenvalue weighted by Gasteiger charge is 2.25. The van der Waals surface area contributed by atoms with Crippen LogP contribution in [-0.2, 0) is 6.42 Å². The number of likely N-dealkylation sites (tertiary alicyclic amines) is 1. The van der Waals surface area contributed by atoms with Crippen LogP contribution < -0.4 is 4.74 Å². The molecule has 4 aromatic rings. The number of rotatable bonds is 4. The Labute approximate surface area is 202 Å². The molecule has 1 saturated heterocycles. The number of fused-ring (bicyclic) bond motifs is 1. The smallest absolute Gasteiger partial charge is 0.410 e. The molecule has 0 bridgehead atoms. The standard InChI is InChI=1S/C31H31NO2/c1-3-23-9-6-10-30(22(23)2)27-13-11-25(12-14-27)26-17-19-32(20-18-26)31(33)34-29-16-15-24-7-4-5-8-28(24)21-29/h4-16,21,26H,3,17-20H2,1-2H3. The Hall–Kier alpha value is -3.59. The summed E-state index contributed by atoms with van der Waals surface area (Å²) in [6, 6.07) is 29.5. The van der Waals surface area contributed by atoms with Gasteiger partial charge in [0.2, 0.25) is 0 Å². The zero-order chi connectivity index (χ0) is 23.5. The van der Waals surface area contributed by atoms with Crippen LogP contribution in [0.1, 0.15) is 42.4 Å². The molecule has 0 spiro atoms. The third kappa shape index (κ3) is 4.56. The normalized spacial score (nSPS) is 14.4. The van der Waals surface area contributed by atoms with E-state index in [1.165, 1.54) is 27.8 Å². The molecule has 5 rings (SSSR count). The van der Waals surface area contributed by atoms with Crippen LogP contribution in [0.5, 0.6) is 5.75 Å². The second-order valence-corrected chi connectivity index (χ2v) is 9.20. The molecule has 0 aromatic heterocycles. The first-order chi connectivity index (χ1) is 16.6. The monoisotopic (exact) mass is 449 g/mol. The summed E-state index contributed by atoms with van der Waals surface area (Å²) in [4.78, 5) is 14.6. The molecule has 4 aromatic carbocycles. The minimum atomic E-state index is -0.254. The van der Waals surface area contributed by atoms with Crippen molar-refractivity contribution in [1.29, 1.82) is 0 Å². The van der Waals surface area contributed by atoms with Gasteiger partial charge in [-0.15, -0.1) is 0 Å². The first kappa shape index (κ1) is 22.2. The second kappa shape index (κ2) is 9.72. The SMILES string of the molecule is CCc1cccc(-c2ccc(C3CCN(C(=O)Oc4ccc5ccccc5c4)CC3)cc2)c1C. The summed E-state index contributed by atoms with van der Waals surface area (Å²) in [5.74, 6) is 1.07. The summed E-state index contributed by atoms with van der Waals surface area (Å²) in [7, 11) is 0. The van der Waals surface area contributed by atoms with Crippen molar-refractivity contribution in [3.63, 3.8) is 0 Å². The quantitative estimate of drug-likeness (QED) is 0.319. The van der Waals surface area contributed by atoms with Crippen LogP contribution in [0.3, 0.4) is 0 Å². The molecule has 3 nitrogen and oxygen atoms in total. The van der Waals surface area contributed by atoms with Crippen LogP contribution in [0, 0.1) is 6.92 Å². The Kier molecular flexibility index (Phi) is 6.35. The number of ether oxygens (including phenoxy) is 1. The number of amides is 1. The Balaban J connectivity index is 1.20. The van der Waals surface area contributed by atoms with Crippen molar-refractivity contribution in [3.05, 3.63) is 102 Å². The zero-order valence-corrected chi connectivity index (χ0v) is 20.0. The summed E-state index contributed by atoms with van der Waals surface area (Å²) in [6.07, 6.45) is 2.71. The molecule has 0 unspecified atom stereocenters. The Morgan fingerprint density at radius 3 is 2.35 bits per heavy atom. The lowest BCUT2D eigenvalue weighted by Crippen LogP contribution is -2.39. The van der Waals surface area contributed by atoms with Gasteiger partial charge in [0.1, 0.15) is 5.75 Å². The third-order valence-corrected chi connectivity index (χ3v) is 7.20. The van der Waals surface area contributed by atoms with E-state index in [9.17, 15) is 4.79 Å². The predicted molar refractivity (Wildman–Crippen MR) is 140 cm³/mol. The average molecular weight is 450 g/mol. The van der Waals surface area contributed by atoms with Gasteiger partial charge in [-0.2, -0.15) is 0 Å². The van der Waals surface area contributed by atoms with Gasteiger partial charge in [0.25, 0.3) is 0 Å². The number of hydrogen-bond donors (Lipinski definition) is 0. The van der Waals surface area contributed by atoms with Gasteiger partial charge in [0.15, 0.2) is 0 Å². The third-order valence-electron chi connectivity index (χ3n) is 7.20. The van der Waals surface area contributed by atoms with Gasteiger partial charge >= 0.3 is 6.09 Å². The summed E-state index contributed by atoms with van der Waals surface area (Å²) in [5.41, 5.74) is 6.72. The number of piperidine rings is 1. The van der Waals surface area contributed by atoms with Gasteiger partial charge in [0.05, 0.1) is 0 Å². The molecule has 0 radical (unpaired) electrons. The molecule has 1 fully saturated rings. The van der Waals surface area contributed by atoms with E-state index in [0.717, 1.165) is 43.1 Å². The van der Waals surface area contributed by atoms with Crippen LogP contribution in [0.4, 0.5) is 4.79 Å². The van der Waals surface area contributed by atoms with E-state index >= 15 is 0 Å². The van der Waals surface area contributed by atoms with Crippen LogP contribution >= 0.6 is 0 Å². The van der Waals surface area contributed by atoms with Crippen molar-refractivity contribution in [3.8, 4) is 16.9 Å². The van der Waals surface area contributed by atoms with Gasteiger partial charge in [-0.3, -0.25) is 0 Å². The van der Waals surface area contributed by atoms with Crippen LogP contribution in [0.2, 0.25) is 0 Å². The zero-order valence-electron chi connectivity index (χ0n) is 20.0. The summed E-state index contributed by atoms with van der Waals surface area (Å²) >= 11 is 0. The molecule has 0 N–H and O–H groups in total. The molecule has 3 heteroatoms. The first-order valence-electron chi connectivity index (χ1n) is 12.3. The number of hydrogen-bond acceptors (Lipinski definition) is 2. The van der Waals surface area contributed by atoms with Crippen molar-refractivity contribution in [1.82, 2.24) is 4.90 Å². The maximum absolute atomic E-state index is 12.7. The number of carbonyl (C=O) groups is 1. The Morgan fingerprint density at radius 2 is 1.62 bits per heavy atom. The lowest BCUT2D eigenvalue weighted by atomic mass is 9.88. The largest absolute Gasteiger partial charge is 0.415 e. The Bertz CT molecular complexity index is 1300. The fourth-order valence-corrected chi connectivity index (χ4v) is 5.11. The number of aryl methyl sites for hydroxylation is 1. The van der Waals surface area contributed by atoms with Crippen LogP contribution in [-0.4, -0.2) is 24.1 Å². The average Bonchev–Trinajstić information content (AvgIpc) is 2.89. The predicted octanol–water partition coefficient (Wildman–Crippen LogP) is 7.76. The van der Waals surface area contributed by atoms with E-state index in [1.54, 1.807) is 0 Å². The van der Waals surface area contributed by atoms with Crippen molar-refractivity contribution >= 4 is 16.9 Å². The fourth-order valence-electron chi connectivity index (χ4n) is 5.11. The van der Waals surface area contributed by atoms with Crippen LogP contribution in [0.15, 0.2) is 84.9 Å². The lowest BCUT2D eigenvalue weighted by Gasteiger charge is -2.31. The van der Waals surface area contributed by atoms with E-state index in [1.807, 2.05) is 41.3 Å². The molecule has 34 heavy (non-hydrogen) atoms. The highest BCUT2D eigenvalue weighted by molar-refractivity contribution is 5.84. The molecule has 0 saturated carbocycles. The lowest BCUT2D eigenvalue weighted by molar-refractivity contribution is 0.139. The number of nitrogens with zero attached hydrogens (tertiary/aromatic N) is 1. The molecule has 1 aliphatic heterocycles. The Morgan fingerprint density at radius 1 is 0.882 bits per heavy atom. The minimum absolute atomic E-state index is 0.254. The fraction of sp³-hybridized carbons (Fsp3) is 0.258. The van der Waals surface area contributed by atoms with Gasteiger partial charge in [-0.25, -0.2) is 4.79 Å². The highest BCUT2D eigenvalue weighted by atomic mass is 16.6. The molecule has 0 aliphatic carbocycles. The molecule has 172 valence electrons. The van der Waals surface area contributed by atoms with Gasteiger partial charge in [0, 0.05) is 13.1 Å². The number of benzene rings is 4. The van der Waals surface area contributed by atoms with E-state index in [4.69, 9.17) is 4.74 Å². The van der Waals surface area contributed by atoms with Gasteiger partial charge in [-0.05, 0) is 82.8 Å². The van der Waals surface area contributed by atoms with Crippen molar-refractivity contribution in [2.45, 2.75) is 39.0 Å². The maximum atomic E-state index is 12.7. The van der Waals surface area contributed by atoms with E-state index in [-0.39, 0.29) is 6.09 Å². The summed E-state index contributed by atoms with van der Waals surface area (Å²) < 4.78 is 5.68. The molecule has 1 heterocycles. The van der Waals surface area contributed by atoms with E-state index in [2.05, 4.69) is 62.4 Å². The first-order valence-corrected chi connectivity index (χ1v) is 12.3. The van der Waals surface area contributed by atoms with Gasteiger partial charge < -0.3 is 9.64 Å².